The monoisotopic (exact) mass is 335 g/mol. The summed E-state index contributed by atoms with van der Waals surface area (Å²) >= 11 is 0. The molecule has 10 heteroatoms. The number of H-pyrrole nitrogens is 2. The molecule has 2 aliphatic heterocycles. The van der Waals surface area contributed by atoms with Gasteiger partial charge in [-0.2, -0.15) is 0 Å². The zero-order chi connectivity index (χ0) is 16.6. The number of nitrogens with zero attached hydrogens (tertiary/aromatic N) is 2. The van der Waals surface area contributed by atoms with E-state index in [4.69, 9.17) is 4.74 Å². The lowest BCUT2D eigenvalue weighted by Gasteiger charge is -2.08. The summed E-state index contributed by atoms with van der Waals surface area (Å²) in [4.78, 5) is 20.2. The van der Waals surface area contributed by atoms with Crippen LogP contribution in [0.4, 0.5) is 0 Å². The van der Waals surface area contributed by atoms with Crippen LogP contribution in [0.1, 0.15) is 0 Å². The zero-order valence-electron chi connectivity index (χ0n) is 12.2. The van der Waals surface area contributed by atoms with Crippen LogP contribution >= 0.6 is 0 Å². The second-order valence-electron chi connectivity index (χ2n) is 4.59. The van der Waals surface area contributed by atoms with Crippen LogP contribution in [-0.2, 0) is 10.0 Å². The third kappa shape index (κ3) is 2.58. The van der Waals surface area contributed by atoms with Crippen molar-refractivity contribution in [3.05, 3.63) is 34.7 Å². The highest BCUT2D eigenvalue weighted by molar-refractivity contribution is 7.89. The summed E-state index contributed by atoms with van der Waals surface area (Å²) in [5.41, 5.74) is 0.679. The number of hydrogen-bond acceptors (Lipinski definition) is 6. The number of benzene rings is 1. The highest BCUT2D eigenvalue weighted by Gasteiger charge is 2.20. The summed E-state index contributed by atoms with van der Waals surface area (Å²) in [7, 11) is -0.852. The Kier molecular flexibility index (Phi) is 3.62. The number of fused-ring (bicyclic) bond motifs is 1. The van der Waals surface area contributed by atoms with Gasteiger partial charge in [0.15, 0.2) is 11.5 Å². The predicted molar refractivity (Wildman–Crippen MR) is 81.9 cm³/mol. The van der Waals surface area contributed by atoms with Crippen LogP contribution in [-0.4, -0.2) is 42.7 Å². The van der Waals surface area contributed by atoms with Crippen molar-refractivity contribution in [1.82, 2.24) is 24.9 Å². The molecule has 0 amide bonds. The molecule has 2 aliphatic rings. The van der Waals surface area contributed by atoms with Crippen molar-refractivity contribution < 1.29 is 13.2 Å². The first-order valence-electron chi connectivity index (χ1n) is 6.52. The first-order valence-corrected chi connectivity index (χ1v) is 8.00. The number of imidazole rings is 1. The molecule has 2 heterocycles. The number of rotatable bonds is 4. The third-order valence-corrected chi connectivity index (χ3v) is 4.70. The molecular formula is C13H13N5O4S. The number of methoxy groups -OCH3 is 1. The van der Waals surface area contributed by atoms with Crippen LogP contribution in [0.2, 0.25) is 0 Å². The lowest BCUT2D eigenvalue weighted by molar-refractivity contribution is 0.415. The van der Waals surface area contributed by atoms with Crippen LogP contribution in [0.15, 0.2) is 34.1 Å². The van der Waals surface area contributed by atoms with Crippen molar-refractivity contribution in [2.75, 3.05) is 14.2 Å². The lowest BCUT2D eigenvalue weighted by atomic mass is 10.2. The van der Waals surface area contributed by atoms with Gasteiger partial charge in [0.05, 0.1) is 17.6 Å². The zero-order valence-corrected chi connectivity index (χ0v) is 13.1. The Labute approximate surface area is 131 Å². The summed E-state index contributed by atoms with van der Waals surface area (Å²) in [5.74, 6) is 0.562. The van der Waals surface area contributed by atoms with Crippen molar-refractivity contribution in [1.29, 1.82) is 0 Å². The molecule has 0 saturated carbocycles. The van der Waals surface area contributed by atoms with Crippen molar-refractivity contribution in [2.45, 2.75) is 4.90 Å². The van der Waals surface area contributed by atoms with E-state index in [2.05, 4.69) is 24.9 Å². The molecule has 120 valence electrons. The van der Waals surface area contributed by atoms with E-state index in [1.807, 2.05) is 0 Å². The highest BCUT2D eigenvalue weighted by atomic mass is 32.2. The summed E-state index contributed by atoms with van der Waals surface area (Å²) in [5, 5.41) is 4.98. The van der Waals surface area contributed by atoms with Gasteiger partial charge in [-0.1, -0.05) is 0 Å². The highest BCUT2D eigenvalue weighted by Crippen LogP contribution is 2.32. The van der Waals surface area contributed by atoms with Gasteiger partial charge in [-0.3, -0.25) is 9.89 Å². The Balaban J connectivity index is 2.18. The van der Waals surface area contributed by atoms with Crippen molar-refractivity contribution in [2.24, 2.45) is 0 Å². The Morgan fingerprint density at radius 1 is 1.26 bits per heavy atom. The summed E-state index contributed by atoms with van der Waals surface area (Å²) in [6.45, 7) is 0. The maximum absolute atomic E-state index is 11.9. The minimum absolute atomic E-state index is 0.0582. The molecule has 0 fully saturated rings. The van der Waals surface area contributed by atoms with Crippen LogP contribution in [0.5, 0.6) is 5.75 Å². The van der Waals surface area contributed by atoms with Gasteiger partial charge in [-0.15, -0.1) is 0 Å². The fourth-order valence-electron chi connectivity index (χ4n) is 2.11. The second-order valence-corrected chi connectivity index (χ2v) is 6.48. The van der Waals surface area contributed by atoms with Gasteiger partial charge in [0.1, 0.15) is 11.4 Å². The van der Waals surface area contributed by atoms with Crippen molar-refractivity contribution in [3.63, 3.8) is 0 Å². The molecule has 0 aliphatic carbocycles. The molecular weight excluding hydrogens is 322 g/mol. The molecule has 0 bridgehead atoms. The number of sulfonamides is 1. The number of nitrogens with one attached hydrogen (secondary N) is 3. The molecule has 23 heavy (non-hydrogen) atoms. The molecule has 0 saturated heterocycles. The summed E-state index contributed by atoms with van der Waals surface area (Å²) < 4.78 is 31.2. The van der Waals surface area contributed by atoms with E-state index in [1.165, 1.54) is 38.6 Å². The van der Waals surface area contributed by atoms with E-state index in [1.54, 1.807) is 0 Å². The van der Waals surface area contributed by atoms with E-state index in [0.29, 0.717) is 11.3 Å². The number of ether oxygens (including phenoxy) is 1. The molecule has 0 aromatic heterocycles. The van der Waals surface area contributed by atoms with Gasteiger partial charge in [0.25, 0.3) is 5.56 Å². The normalized spacial score (nSPS) is 11.7. The van der Waals surface area contributed by atoms with E-state index in [0.717, 1.165) is 0 Å². The van der Waals surface area contributed by atoms with Gasteiger partial charge in [-0.25, -0.2) is 23.1 Å². The average molecular weight is 335 g/mol. The minimum atomic E-state index is -3.59. The molecule has 9 nitrogen and oxygen atoms in total. The third-order valence-electron chi connectivity index (χ3n) is 3.29. The Morgan fingerprint density at radius 2 is 2.04 bits per heavy atom. The van der Waals surface area contributed by atoms with E-state index < -0.39 is 15.6 Å². The molecule has 0 unspecified atom stereocenters. The minimum Gasteiger partial charge on any atom is -0.496 e. The van der Waals surface area contributed by atoms with Gasteiger partial charge >= 0.3 is 0 Å². The van der Waals surface area contributed by atoms with Crippen LogP contribution in [0.3, 0.4) is 0 Å². The maximum Gasteiger partial charge on any atom is 0.290 e. The van der Waals surface area contributed by atoms with Crippen molar-refractivity contribution in [3.8, 4) is 28.5 Å². The molecule has 1 aromatic carbocycles. The van der Waals surface area contributed by atoms with Crippen LogP contribution < -0.4 is 15.0 Å². The summed E-state index contributed by atoms with van der Waals surface area (Å²) in [6, 6.07) is 4.33. The van der Waals surface area contributed by atoms with E-state index in [-0.39, 0.29) is 22.2 Å². The number of aromatic nitrogens is 4. The average Bonchev–Trinajstić information content (AvgIpc) is 2.99. The first-order chi connectivity index (χ1) is 11.0. The van der Waals surface area contributed by atoms with Gasteiger partial charge in [-0.05, 0) is 19.2 Å². The standard InChI is InChI=1S/C13H13N5O4S/c1-14-23(20,21)7-3-4-8(10(5-7)22-2)12-16-9-6-15-18-13(19)11(9)17-12/h3-6,14-15H,1-2H3,(H,18,19). The van der Waals surface area contributed by atoms with Gasteiger partial charge in [0, 0.05) is 12.3 Å². The topological polar surface area (TPSA) is 130 Å². The molecule has 1 aromatic rings. The van der Waals surface area contributed by atoms with Gasteiger partial charge in [0.2, 0.25) is 10.0 Å². The Hall–Kier alpha value is -2.72. The first kappa shape index (κ1) is 15.2. The molecule has 3 N–H and O–H groups in total. The fourth-order valence-corrected chi connectivity index (χ4v) is 2.86. The largest absolute Gasteiger partial charge is 0.496 e. The number of hydrogen-bond donors (Lipinski definition) is 3. The second kappa shape index (κ2) is 5.48. The molecule has 0 atom stereocenters. The maximum atomic E-state index is 11.9. The molecule has 3 rings (SSSR count). The molecule has 0 radical (unpaired) electrons. The Bertz CT molecular complexity index is 992. The SMILES string of the molecule is CNS(=O)(=O)c1ccc(-c2nc3c[nH][nH]c(=O)c-3n2)c(OC)c1. The fraction of sp³-hybridized carbons (Fsp3) is 0.154. The Morgan fingerprint density at radius 3 is 2.70 bits per heavy atom. The van der Waals surface area contributed by atoms with Crippen LogP contribution in [0.25, 0.3) is 22.8 Å². The van der Waals surface area contributed by atoms with E-state index >= 15 is 0 Å². The van der Waals surface area contributed by atoms with E-state index in [9.17, 15) is 13.2 Å². The predicted octanol–water partition coefficient (Wildman–Crippen LogP) is 0.181. The smallest absolute Gasteiger partial charge is 0.290 e. The summed E-state index contributed by atoms with van der Waals surface area (Å²) in [6.07, 6.45) is 1.51. The number of aromatic amines is 2. The lowest BCUT2D eigenvalue weighted by Crippen LogP contribution is -2.18. The quantitative estimate of drug-likeness (QED) is 0.623. The van der Waals surface area contributed by atoms with Crippen LogP contribution in [0, 0.1) is 0 Å². The van der Waals surface area contributed by atoms with Gasteiger partial charge < -0.3 is 9.84 Å². The van der Waals surface area contributed by atoms with Crippen molar-refractivity contribution >= 4 is 10.0 Å². The molecule has 0 spiro atoms.